The van der Waals surface area contributed by atoms with E-state index in [2.05, 4.69) is 20.2 Å². The predicted molar refractivity (Wildman–Crippen MR) is 106 cm³/mol. The van der Waals surface area contributed by atoms with E-state index < -0.39 is 5.91 Å². The molecule has 3 aromatic rings. The van der Waals surface area contributed by atoms with Crippen LogP contribution in [0.5, 0.6) is 5.75 Å². The van der Waals surface area contributed by atoms with E-state index in [1.54, 1.807) is 23.8 Å². The van der Waals surface area contributed by atoms with Gasteiger partial charge in [0, 0.05) is 18.5 Å². The second-order valence-corrected chi connectivity index (χ2v) is 8.08. The van der Waals surface area contributed by atoms with Gasteiger partial charge in [-0.2, -0.15) is 0 Å². The summed E-state index contributed by atoms with van der Waals surface area (Å²) >= 11 is 2.88. The third-order valence-corrected chi connectivity index (χ3v) is 6.13. The van der Waals surface area contributed by atoms with Crippen molar-refractivity contribution >= 4 is 55.0 Å². The Kier molecular flexibility index (Phi) is 4.66. The minimum absolute atomic E-state index is 0.0750. The van der Waals surface area contributed by atoms with Gasteiger partial charge in [-0.25, -0.2) is 9.97 Å². The summed E-state index contributed by atoms with van der Waals surface area (Å²) in [7, 11) is 1.64. The predicted octanol–water partition coefficient (Wildman–Crippen LogP) is 1.86. The Bertz CT molecular complexity index is 1010. The number of benzene rings is 1. The number of methoxy groups -OCH3 is 1. The number of anilines is 2. The van der Waals surface area contributed by atoms with Gasteiger partial charge in [0.05, 0.1) is 35.4 Å². The molecule has 1 fully saturated rings. The van der Waals surface area contributed by atoms with Gasteiger partial charge in [-0.3, -0.25) is 9.59 Å². The summed E-state index contributed by atoms with van der Waals surface area (Å²) < 4.78 is 6.30. The minimum Gasteiger partial charge on any atom is -0.497 e. The molecule has 0 saturated carbocycles. The molecule has 3 N–H and O–H groups in total. The second kappa shape index (κ2) is 7.12. The molecule has 2 aromatic heterocycles. The number of hydrogen-bond donors (Lipinski definition) is 2. The van der Waals surface area contributed by atoms with E-state index in [0.717, 1.165) is 21.1 Å². The second-order valence-electron chi connectivity index (χ2n) is 6.21. The number of primary amides is 1. The minimum atomic E-state index is -0.443. The van der Waals surface area contributed by atoms with Gasteiger partial charge in [0.1, 0.15) is 5.75 Å². The largest absolute Gasteiger partial charge is 0.497 e. The number of nitrogens with two attached hydrogens (primary N) is 1. The van der Waals surface area contributed by atoms with E-state index >= 15 is 0 Å². The first-order valence-electron chi connectivity index (χ1n) is 8.25. The molecule has 0 aliphatic carbocycles. The van der Waals surface area contributed by atoms with Crippen molar-refractivity contribution in [2.45, 2.75) is 6.42 Å². The van der Waals surface area contributed by atoms with E-state index in [1.807, 2.05) is 18.2 Å². The van der Waals surface area contributed by atoms with Crippen molar-refractivity contribution in [3.05, 3.63) is 29.3 Å². The van der Waals surface area contributed by atoms with E-state index in [4.69, 9.17) is 10.5 Å². The van der Waals surface area contributed by atoms with Crippen LogP contribution in [0.3, 0.4) is 0 Å². The molecule has 1 aromatic carbocycles. The third-order valence-electron chi connectivity index (χ3n) is 4.24. The normalized spacial score (nSPS) is 14.2. The summed E-state index contributed by atoms with van der Waals surface area (Å²) in [5.74, 6) is 0.169. The molecule has 27 heavy (non-hydrogen) atoms. The maximum absolute atomic E-state index is 12.4. The SMILES string of the molecule is COc1ccc2nc(N3CC(C(=O)Nc4nc(CC(N)=O)cs4)C3)sc2c1. The van der Waals surface area contributed by atoms with Crippen molar-refractivity contribution < 1.29 is 14.3 Å². The van der Waals surface area contributed by atoms with Gasteiger partial charge < -0.3 is 20.7 Å². The fourth-order valence-electron chi connectivity index (χ4n) is 2.79. The van der Waals surface area contributed by atoms with Crippen molar-refractivity contribution in [1.29, 1.82) is 0 Å². The molecule has 0 unspecified atom stereocenters. The van der Waals surface area contributed by atoms with Crippen molar-refractivity contribution in [2.75, 3.05) is 30.4 Å². The van der Waals surface area contributed by atoms with E-state index in [1.165, 1.54) is 11.3 Å². The number of fused-ring (bicyclic) bond motifs is 1. The van der Waals surface area contributed by atoms with Crippen molar-refractivity contribution in [1.82, 2.24) is 9.97 Å². The molecule has 0 atom stereocenters. The molecule has 0 radical (unpaired) electrons. The number of ether oxygens (including phenoxy) is 1. The smallest absolute Gasteiger partial charge is 0.232 e. The average molecular weight is 403 g/mol. The van der Waals surface area contributed by atoms with Crippen molar-refractivity contribution in [3.8, 4) is 5.75 Å². The summed E-state index contributed by atoms with van der Waals surface area (Å²) in [5, 5.41) is 5.92. The van der Waals surface area contributed by atoms with Crippen LogP contribution in [-0.2, 0) is 16.0 Å². The van der Waals surface area contributed by atoms with Gasteiger partial charge in [-0.05, 0) is 18.2 Å². The number of carbonyl (C=O) groups is 2. The Labute approximate surface area is 163 Å². The zero-order chi connectivity index (χ0) is 19.0. The fourth-order valence-corrected chi connectivity index (χ4v) is 4.51. The Balaban J connectivity index is 1.35. The molecule has 3 heterocycles. The molecular weight excluding hydrogens is 386 g/mol. The number of hydrogen-bond acceptors (Lipinski definition) is 8. The summed E-state index contributed by atoms with van der Waals surface area (Å²) in [6.45, 7) is 1.23. The molecule has 0 bridgehead atoms. The van der Waals surface area contributed by atoms with Crippen LogP contribution >= 0.6 is 22.7 Å². The van der Waals surface area contributed by atoms with Crippen molar-refractivity contribution in [3.63, 3.8) is 0 Å². The summed E-state index contributed by atoms with van der Waals surface area (Å²) in [4.78, 5) is 34.2. The lowest BCUT2D eigenvalue weighted by Crippen LogP contribution is -2.52. The van der Waals surface area contributed by atoms with E-state index in [0.29, 0.717) is 23.9 Å². The molecule has 1 aliphatic rings. The topological polar surface area (TPSA) is 110 Å². The summed E-state index contributed by atoms with van der Waals surface area (Å²) in [5.41, 5.74) is 6.65. The number of aromatic nitrogens is 2. The number of nitrogens with one attached hydrogen (secondary N) is 1. The van der Waals surface area contributed by atoms with Crippen molar-refractivity contribution in [2.24, 2.45) is 11.7 Å². The quantitative estimate of drug-likeness (QED) is 0.650. The molecule has 2 amide bonds. The van der Waals surface area contributed by atoms with Crippen LogP contribution in [-0.4, -0.2) is 42.0 Å². The lowest BCUT2D eigenvalue weighted by molar-refractivity contribution is -0.120. The van der Waals surface area contributed by atoms with E-state index in [9.17, 15) is 9.59 Å². The first-order valence-corrected chi connectivity index (χ1v) is 9.94. The number of amides is 2. The molecular formula is C17H17N5O3S2. The number of rotatable bonds is 6. The monoisotopic (exact) mass is 403 g/mol. The Morgan fingerprint density at radius 3 is 2.93 bits per heavy atom. The molecule has 10 heteroatoms. The molecule has 4 rings (SSSR count). The molecule has 8 nitrogen and oxygen atoms in total. The average Bonchev–Trinajstić information content (AvgIpc) is 3.18. The molecule has 1 aliphatic heterocycles. The fraction of sp³-hybridized carbons (Fsp3) is 0.294. The van der Waals surface area contributed by atoms with Crippen LogP contribution in [0.1, 0.15) is 5.69 Å². The zero-order valence-electron chi connectivity index (χ0n) is 14.5. The van der Waals surface area contributed by atoms with E-state index in [-0.39, 0.29) is 18.2 Å². The summed E-state index contributed by atoms with van der Waals surface area (Å²) in [6, 6.07) is 5.79. The highest BCUT2D eigenvalue weighted by Crippen LogP contribution is 2.34. The number of nitrogens with zero attached hydrogens (tertiary/aromatic N) is 3. The highest BCUT2D eigenvalue weighted by molar-refractivity contribution is 7.22. The molecule has 1 saturated heterocycles. The van der Waals surface area contributed by atoms with Crippen LogP contribution in [0.15, 0.2) is 23.6 Å². The lowest BCUT2D eigenvalue weighted by Gasteiger charge is -2.37. The number of carbonyl (C=O) groups excluding carboxylic acids is 2. The highest BCUT2D eigenvalue weighted by Gasteiger charge is 2.34. The standard InChI is InChI=1S/C17H17N5O3S2/c1-25-11-2-3-12-13(5-11)27-17(20-12)22-6-9(7-22)15(24)21-16-19-10(8-26-16)4-14(18)23/h2-3,5,8-9H,4,6-7H2,1H3,(H2,18,23)(H,19,21,24). The Hall–Kier alpha value is -2.72. The third kappa shape index (κ3) is 3.71. The first-order chi connectivity index (χ1) is 13.0. The van der Waals surface area contributed by atoms with Gasteiger partial charge >= 0.3 is 0 Å². The van der Waals surface area contributed by atoms with Crippen LogP contribution in [0.4, 0.5) is 10.3 Å². The van der Waals surface area contributed by atoms with Gasteiger partial charge in [-0.1, -0.05) is 11.3 Å². The zero-order valence-corrected chi connectivity index (χ0v) is 16.1. The molecule has 0 spiro atoms. The van der Waals surface area contributed by atoms with Gasteiger partial charge in [0.2, 0.25) is 11.8 Å². The first kappa shape index (κ1) is 17.7. The maximum Gasteiger partial charge on any atom is 0.232 e. The maximum atomic E-state index is 12.4. The van der Waals surface area contributed by atoms with Crippen LogP contribution in [0, 0.1) is 5.92 Å². The van der Waals surface area contributed by atoms with Crippen LogP contribution < -0.4 is 20.7 Å². The van der Waals surface area contributed by atoms with Gasteiger partial charge in [0.15, 0.2) is 10.3 Å². The Morgan fingerprint density at radius 2 is 2.19 bits per heavy atom. The van der Waals surface area contributed by atoms with Gasteiger partial charge in [0.25, 0.3) is 0 Å². The number of thiazole rings is 2. The van der Waals surface area contributed by atoms with Crippen LogP contribution in [0.25, 0.3) is 10.2 Å². The van der Waals surface area contributed by atoms with Crippen LogP contribution in [0.2, 0.25) is 0 Å². The van der Waals surface area contributed by atoms with Gasteiger partial charge in [-0.15, -0.1) is 11.3 Å². The Morgan fingerprint density at radius 1 is 1.37 bits per heavy atom. The summed E-state index contributed by atoms with van der Waals surface area (Å²) in [6.07, 6.45) is 0.0754. The lowest BCUT2D eigenvalue weighted by atomic mass is 10.0. The highest BCUT2D eigenvalue weighted by atomic mass is 32.1. The molecule has 140 valence electrons.